The van der Waals surface area contributed by atoms with E-state index in [9.17, 15) is 19.2 Å². The van der Waals surface area contributed by atoms with Crippen LogP contribution >= 0.6 is 0 Å². The highest BCUT2D eigenvalue weighted by molar-refractivity contribution is 6.24. The molecule has 1 unspecified atom stereocenters. The van der Waals surface area contributed by atoms with Crippen molar-refractivity contribution in [3.8, 4) is 5.75 Å². The van der Waals surface area contributed by atoms with Crippen LogP contribution < -0.4 is 15.0 Å². The number of halogens is 1. The molecule has 1 atom stereocenters. The molecule has 0 spiro atoms. The number of piperazine rings is 1. The molecule has 4 aromatic rings. The summed E-state index contributed by atoms with van der Waals surface area (Å²) in [6.07, 6.45) is 1.38. The maximum atomic E-state index is 16.6. The molecule has 10 nitrogen and oxygen atoms in total. The lowest BCUT2D eigenvalue weighted by molar-refractivity contribution is -0.136. The van der Waals surface area contributed by atoms with Crippen molar-refractivity contribution in [1.82, 2.24) is 20.0 Å². The van der Waals surface area contributed by atoms with Crippen LogP contribution in [0.4, 0.5) is 10.1 Å². The summed E-state index contributed by atoms with van der Waals surface area (Å²) in [7, 11) is 0. The van der Waals surface area contributed by atoms with Crippen molar-refractivity contribution in [2.75, 3.05) is 63.7 Å². The Morgan fingerprint density at radius 2 is 1.43 bits per heavy atom. The van der Waals surface area contributed by atoms with Gasteiger partial charge < -0.3 is 9.64 Å². The van der Waals surface area contributed by atoms with E-state index in [1.54, 1.807) is 0 Å². The van der Waals surface area contributed by atoms with Crippen LogP contribution in [0.15, 0.2) is 97.1 Å². The molecular weight excluding hydrogens is 734 g/mol. The lowest BCUT2D eigenvalue weighted by atomic mass is 9.88. The van der Waals surface area contributed by atoms with Gasteiger partial charge in [0, 0.05) is 51.0 Å². The van der Waals surface area contributed by atoms with E-state index in [0.717, 1.165) is 40.8 Å². The maximum absolute atomic E-state index is 16.6. The number of benzene rings is 4. The summed E-state index contributed by atoms with van der Waals surface area (Å²) >= 11 is 0. The third-order valence-corrected chi connectivity index (χ3v) is 11.2. The van der Waals surface area contributed by atoms with Crippen molar-refractivity contribution in [3.05, 3.63) is 131 Å². The fourth-order valence-electron chi connectivity index (χ4n) is 8.11. The van der Waals surface area contributed by atoms with Gasteiger partial charge in [-0.05, 0) is 96.8 Å². The predicted molar refractivity (Wildman–Crippen MR) is 222 cm³/mol. The Balaban J connectivity index is 0.916. The monoisotopic (exact) mass is 791 g/mol. The van der Waals surface area contributed by atoms with Crippen LogP contribution in [0.25, 0.3) is 11.1 Å². The number of hydrogen-bond acceptors (Lipinski definition) is 8. The standard InChI is InChI=1S/C47H50FN5O5/c1-2-37(33-9-5-3-6-10-33)42(34-11-7-4-8-12-34)35-13-15-36(16-14-35)58-30-29-50-23-21-32(22-24-50)31-51-25-27-52(28-26-51)39-18-17-38-43(44(39)48)47(57)53(46(38)56)40-19-20-41(54)49-45(40)55/h3-18,32,40H,2,19-31H2,1H3,(H,49,54,55)/i25D2,26D2,27D2,28D2. The minimum Gasteiger partial charge on any atom is -0.492 e. The zero-order chi connectivity index (χ0) is 47.3. The van der Waals surface area contributed by atoms with Gasteiger partial charge in [0.25, 0.3) is 11.8 Å². The molecule has 4 heterocycles. The first-order valence-electron chi connectivity index (χ1n) is 23.7. The van der Waals surface area contributed by atoms with Crippen LogP contribution in [0, 0.1) is 11.7 Å². The molecule has 0 saturated carbocycles. The normalized spacial score (nSPS) is 25.4. The van der Waals surface area contributed by atoms with Gasteiger partial charge in [-0.2, -0.15) is 0 Å². The van der Waals surface area contributed by atoms with Gasteiger partial charge in [0.1, 0.15) is 18.4 Å². The van der Waals surface area contributed by atoms with Crippen LogP contribution in [-0.4, -0.2) is 103 Å². The van der Waals surface area contributed by atoms with Gasteiger partial charge in [0.2, 0.25) is 11.8 Å². The quantitative estimate of drug-likeness (QED) is 0.128. The van der Waals surface area contributed by atoms with Crippen molar-refractivity contribution in [2.24, 2.45) is 5.92 Å². The molecule has 300 valence electrons. The fourth-order valence-corrected chi connectivity index (χ4v) is 8.11. The largest absolute Gasteiger partial charge is 0.492 e. The highest BCUT2D eigenvalue weighted by Gasteiger charge is 2.46. The summed E-state index contributed by atoms with van der Waals surface area (Å²) in [5.41, 5.74) is 3.34. The lowest BCUT2D eigenvalue weighted by Gasteiger charge is -2.39. The van der Waals surface area contributed by atoms with Crippen LogP contribution in [0.3, 0.4) is 0 Å². The Morgan fingerprint density at radius 3 is 2.09 bits per heavy atom. The summed E-state index contributed by atoms with van der Waals surface area (Å²) in [5.74, 6) is -5.13. The highest BCUT2D eigenvalue weighted by atomic mass is 19.1. The Bertz CT molecular complexity index is 2530. The molecule has 8 rings (SSSR count). The van der Waals surface area contributed by atoms with Gasteiger partial charge in [0.05, 0.1) is 22.3 Å². The SMILES string of the molecule is [2H]C1([2H])N(CC2CCN(CCOc3ccc(C(=C(CC)c4ccccc4)c4ccccc4)cc3)CC2)C([2H])([2H])C([2H])([2H])N(c2ccc3c(c2F)C(=O)N(C2CCC(=O)NC2=O)C3=O)C1([2H])[2H]. The Hall–Kier alpha value is -5.65. The number of carbonyl (C=O) groups excluding carboxylic acids is 4. The lowest BCUT2D eigenvalue weighted by Crippen LogP contribution is -2.54. The van der Waals surface area contributed by atoms with Crippen molar-refractivity contribution >= 4 is 40.5 Å². The number of allylic oxidation sites excluding steroid dienone is 1. The zero-order valence-electron chi connectivity index (χ0n) is 40.2. The van der Waals surface area contributed by atoms with E-state index in [0.29, 0.717) is 54.6 Å². The van der Waals surface area contributed by atoms with Crippen molar-refractivity contribution in [2.45, 2.75) is 45.1 Å². The summed E-state index contributed by atoms with van der Waals surface area (Å²) in [6, 6.07) is 29.0. The molecule has 1 N–H and O–H groups in total. The van der Waals surface area contributed by atoms with Gasteiger partial charge >= 0.3 is 0 Å². The van der Waals surface area contributed by atoms with E-state index in [1.807, 2.05) is 53.8 Å². The Morgan fingerprint density at radius 1 is 0.776 bits per heavy atom. The first-order chi connectivity index (χ1) is 31.3. The van der Waals surface area contributed by atoms with E-state index in [4.69, 9.17) is 15.7 Å². The van der Waals surface area contributed by atoms with Gasteiger partial charge in [-0.1, -0.05) is 79.7 Å². The molecule has 4 amide bonds. The molecule has 4 aromatic carbocycles. The zero-order valence-corrected chi connectivity index (χ0v) is 32.2. The van der Waals surface area contributed by atoms with E-state index in [1.165, 1.54) is 5.57 Å². The predicted octanol–water partition coefficient (Wildman–Crippen LogP) is 6.51. The number of ether oxygens (including phenoxy) is 1. The molecule has 4 aliphatic rings. The van der Waals surface area contributed by atoms with Crippen LogP contribution in [0.2, 0.25) is 0 Å². The number of fused-ring (bicyclic) bond motifs is 1. The van der Waals surface area contributed by atoms with Crippen LogP contribution in [0.1, 0.15) is 87.4 Å². The number of piperidine rings is 2. The summed E-state index contributed by atoms with van der Waals surface area (Å²) in [4.78, 5) is 54.3. The number of rotatable bonds is 12. The Kier molecular flexibility index (Phi) is 9.16. The van der Waals surface area contributed by atoms with Crippen LogP contribution in [0.5, 0.6) is 5.75 Å². The second kappa shape index (κ2) is 17.5. The summed E-state index contributed by atoms with van der Waals surface area (Å²) < 4.78 is 94.6. The van der Waals surface area contributed by atoms with Crippen molar-refractivity contribution < 1.29 is 39.3 Å². The summed E-state index contributed by atoms with van der Waals surface area (Å²) in [6.45, 7) is -9.54. The number of nitrogens with zero attached hydrogens (tertiary/aromatic N) is 4. The number of nitrogens with one attached hydrogen (secondary N) is 1. The average molecular weight is 792 g/mol. The molecule has 11 heteroatoms. The van der Waals surface area contributed by atoms with Gasteiger partial charge in [0.15, 0.2) is 5.82 Å². The number of likely N-dealkylation sites (tertiary alicyclic amines) is 1. The second-order valence-corrected chi connectivity index (χ2v) is 14.8. The topological polar surface area (TPSA) is 102 Å². The van der Waals surface area contributed by atoms with Crippen LogP contribution in [-0.2, 0) is 9.59 Å². The van der Waals surface area contributed by atoms with Crippen molar-refractivity contribution in [1.29, 1.82) is 0 Å². The number of imide groups is 2. The average Bonchev–Trinajstić information content (AvgIpc) is 3.54. The smallest absolute Gasteiger partial charge is 0.265 e. The van der Waals surface area contributed by atoms with Gasteiger partial charge in [-0.25, -0.2) is 4.39 Å². The van der Waals surface area contributed by atoms with E-state index in [2.05, 4.69) is 48.2 Å². The molecule has 0 radical (unpaired) electrons. The molecule has 0 aromatic heterocycles. The third kappa shape index (κ3) is 8.19. The third-order valence-electron chi connectivity index (χ3n) is 11.2. The molecule has 4 aliphatic heterocycles. The molecule has 58 heavy (non-hydrogen) atoms. The van der Waals surface area contributed by atoms with Gasteiger partial charge in [-0.15, -0.1) is 0 Å². The molecule has 0 bridgehead atoms. The minimum absolute atomic E-state index is 0.0285. The first kappa shape index (κ1) is 30.4. The van der Waals surface area contributed by atoms with E-state index < -0.39 is 78.3 Å². The van der Waals surface area contributed by atoms with E-state index >= 15 is 4.39 Å². The number of anilines is 1. The number of amides is 4. The molecule has 3 saturated heterocycles. The molecule has 3 fully saturated rings. The van der Waals surface area contributed by atoms with Crippen molar-refractivity contribution in [3.63, 3.8) is 0 Å². The fraction of sp³-hybridized carbons (Fsp3) is 0.362. The second-order valence-electron chi connectivity index (χ2n) is 14.8. The Labute approximate surface area is 350 Å². The maximum Gasteiger partial charge on any atom is 0.265 e. The number of carbonyl (C=O) groups is 4. The molecule has 0 aliphatic carbocycles. The van der Waals surface area contributed by atoms with E-state index in [-0.39, 0.29) is 30.2 Å². The highest BCUT2D eigenvalue weighted by Crippen LogP contribution is 2.36. The summed E-state index contributed by atoms with van der Waals surface area (Å²) in [5, 5.41) is 2.03. The van der Waals surface area contributed by atoms with Gasteiger partial charge in [-0.3, -0.25) is 39.2 Å². The molecular formula is C47H50FN5O5. The first-order valence-corrected chi connectivity index (χ1v) is 19.7. The minimum atomic E-state index is -3.44. The number of hydrogen-bond donors (Lipinski definition) is 1.